The van der Waals surface area contributed by atoms with Gasteiger partial charge in [-0.15, -0.1) is 0 Å². The maximum Gasteiger partial charge on any atom is 0.261 e. The maximum absolute atomic E-state index is 13.6. The third-order valence-corrected chi connectivity index (χ3v) is 5.62. The lowest BCUT2D eigenvalue weighted by Crippen LogP contribution is -2.13. The molecule has 0 bridgehead atoms. The number of halogens is 4. The number of hydrazone groups is 1. The van der Waals surface area contributed by atoms with E-state index in [0.29, 0.717) is 5.56 Å². The van der Waals surface area contributed by atoms with Crippen LogP contribution in [0.25, 0.3) is 0 Å². The first-order valence-electron chi connectivity index (χ1n) is 8.78. The van der Waals surface area contributed by atoms with E-state index in [-0.39, 0.29) is 16.3 Å². The Morgan fingerprint density at radius 3 is 2.00 bits per heavy atom. The Hall–Kier alpha value is -3.47. The first kappa shape index (κ1) is 22.2. The van der Waals surface area contributed by atoms with Gasteiger partial charge in [-0.05, 0) is 43.7 Å². The number of pyridine rings is 1. The molecule has 2 aromatic carbocycles. The molecular weight excluding hydrogens is 436 g/mol. The molecular formula is C20H16F4N4O2S. The summed E-state index contributed by atoms with van der Waals surface area (Å²) in [6.45, 7) is 3.31. The van der Waals surface area contributed by atoms with Gasteiger partial charge < -0.3 is 0 Å². The third kappa shape index (κ3) is 5.00. The number of nitrogens with one attached hydrogen (secondary N) is 2. The fourth-order valence-corrected chi connectivity index (χ4v) is 3.56. The van der Waals surface area contributed by atoms with Gasteiger partial charge in [0.05, 0.1) is 10.6 Å². The molecule has 11 heteroatoms. The van der Waals surface area contributed by atoms with Gasteiger partial charge in [0.25, 0.3) is 21.9 Å². The summed E-state index contributed by atoms with van der Waals surface area (Å²) in [5, 5.41) is 3.72. The Morgan fingerprint density at radius 2 is 1.45 bits per heavy atom. The molecule has 0 aliphatic carbocycles. The minimum atomic E-state index is -3.78. The molecule has 162 valence electrons. The molecule has 2 N–H and O–H groups in total. The van der Waals surface area contributed by atoms with E-state index in [4.69, 9.17) is 0 Å². The molecule has 0 aliphatic heterocycles. The van der Waals surface area contributed by atoms with E-state index in [9.17, 15) is 26.0 Å². The van der Waals surface area contributed by atoms with Crippen molar-refractivity contribution in [1.82, 2.24) is 4.98 Å². The topological polar surface area (TPSA) is 83.4 Å². The van der Waals surface area contributed by atoms with Gasteiger partial charge in [-0.2, -0.15) is 27.6 Å². The first-order valence-corrected chi connectivity index (χ1v) is 10.3. The van der Waals surface area contributed by atoms with E-state index < -0.39 is 39.2 Å². The van der Waals surface area contributed by atoms with Crippen molar-refractivity contribution in [2.45, 2.75) is 18.7 Å². The van der Waals surface area contributed by atoms with E-state index in [1.54, 1.807) is 12.1 Å². The molecule has 3 rings (SSSR count). The molecule has 0 fully saturated rings. The second-order valence-corrected chi connectivity index (χ2v) is 8.18. The Kier molecular flexibility index (Phi) is 6.25. The predicted molar refractivity (Wildman–Crippen MR) is 108 cm³/mol. The van der Waals surface area contributed by atoms with Crippen LogP contribution in [0, 0.1) is 30.5 Å². The Morgan fingerprint density at radius 1 is 0.903 bits per heavy atom. The van der Waals surface area contributed by atoms with E-state index in [2.05, 4.69) is 14.8 Å². The lowest BCUT2D eigenvalue weighted by atomic mass is 10.1. The lowest BCUT2D eigenvalue weighted by Gasteiger charge is -2.10. The number of anilines is 2. The van der Waals surface area contributed by atoms with Crippen LogP contribution in [0.5, 0.6) is 0 Å². The molecule has 0 radical (unpaired) electrons. The first-order chi connectivity index (χ1) is 14.6. The summed E-state index contributed by atoms with van der Waals surface area (Å²) in [6.07, 6.45) is 0. The van der Waals surface area contributed by atoms with Gasteiger partial charge in [-0.25, -0.2) is 8.42 Å². The Bertz CT molecular complexity index is 1220. The lowest BCUT2D eigenvalue weighted by molar-refractivity contribution is 0.411. The number of rotatable bonds is 6. The number of sulfonamides is 1. The van der Waals surface area contributed by atoms with E-state index in [1.807, 2.05) is 12.3 Å². The predicted octanol–water partition coefficient (Wildman–Crippen LogP) is 4.58. The number of nitrogens with zero attached hydrogens (tertiary/aromatic N) is 2. The molecule has 6 nitrogen and oxygen atoms in total. The highest BCUT2D eigenvalue weighted by Crippen LogP contribution is 2.22. The molecule has 0 amide bonds. The minimum absolute atomic E-state index is 0.102. The van der Waals surface area contributed by atoms with Gasteiger partial charge in [-0.3, -0.25) is 10.1 Å². The van der Waals surface area contributed by atoms with Crippen molar-refractivity contribution in [1.29, 1.82) is 0 Å². The fourth-order valence-electron chi connectivity index (χ4n) is 2.50. The minimum Gasteiger partial charge on any atom is -0.280 e. The van der Waals surface area contributed by atoms with Crippen LogP contribution in [0.4, 0.5) is 28.9 Å². The van der Waals surface area contributed by atoms with Crippen LogP contribution in [0.1, 0.15) is 18.1 Å². The van der Waals surface area contributed by atoms with Crippen LogP contribution < -0.4 is 10.1 Å². The largest absolute Gasteiger partial charge is 0.280 e. The van der Waals surface area contributed by atoms with Crippen LogP contribution in [0.3, 0.4) is 0 Å². The molecule has 0 saturated carbocycles. The van der Waals surface area contributed by atoms with Crippen molar-refractivity contribution in [3.8, 4) is 0 Å². The quantitative estimate of drug-likeness (QED) is 0.248. The standard InChI is InChI=1S/C20H16F4N4O2S/c1-11-3-9-15(10-4-11)31(29,30)28-14-7-5-13(6-8-14)12(2)26-27-18-16(21)19(23)25-20(24)17(18)22/h3-10,28H,1-2H3,(H,25,27)/b26-12+. The molecule has 31 heavy (non-hydrogen) atoms. The summed E-state index contributed by atoms with van der Waals surface area (Å²) < 4.78 is 80.8. The van der Waals surface area contributed by atoms with Crippen LogP contribution >= 0.6 is 0 Å². The SMILES string of the molecule is C/C(=N\Nc1c(F)c(F)nc(F)c1F)c1ccc(NS(=O)(=O)c2ccc(C)cc2)cc1. The van der Waals surface area contributed by atoms with Crippen LogP contribution in [-0.2, 0) is 10.0 Å². The Balaban J connectivity index is 1.76. The average Bonchev–Trinajstić information content (AvgIpc) is 2.72. The van der Waals surface area contributed by atoms with Gasteiger partial charge in [0, 0.05) is 5.69 Å². The molecule has 3 aromatic rings. The van der Waals surface area contributed by atoms with Crippen molar-refractivity contribution in [2.24, 2.45) is 5.10 Å². The normalized spacial score (nSPS) is 12.0. The highest BCUT2D eigenvalue weighted by atomic mass is 32.2. The van der Waals surface area contributed by atoms with Crippen molar-refractivity contribution in [3.63, 3.8) is 0 Å². The van der Waals surface area contributed by atoms with Gasteiger partial charge in [0.15, 0.2) is 0 Å². The highest BCUT2D eigenvalue weighted by molar-refractivity contribution is 7.92. The van der Waals surface area contributed by atoms with Gasteiger partial charge >= 0.3 is 0 Å². The zero-order valence-electron chi connectivity index (χ0n) is 16.2. The molecule has 0 atom stereocenters. The number of benzene rings is 2. The van der Waals surface area contributed by atoms with Crippen LogP contribution in [0.2, 0.25) is 0 Å². The zero-order valence-corrected chi connectivity index (χ0v) is 17.1. The summed E-state index contributed by atoms with van der Waals surface area (Å²) in [4.78, 5) is 2.56. The van der Waals surface area contributed by atoms with Crippen molar-refractivity contribution in [3.05, 3.63) is 83.2 Å². The maximum atomic E-state index is 13.6. The molecule has 1 aromatic heterocycles. The van der Waals surface area contributed by atoms with Crippen molar-refractivity contribution >= 4 is 27.1 Å². The van der Waals surface area contributed by atoms with E-state index in [0.717, 1.165) is 5.56 Å². The third-order valence-electron chi connectivity index (χ3n) is 4.22. The average molecular weight is 452 g/mol. The fraction of sp³-hybridized carbons (Fsp3) is 0.100. The summed E-state index contributed by atoms with van der Waals surface area (Å²) >= 11 is 0. The second kappa shape index (κ2) is 8.72. The van der Waals surface area contributed by atoms with Crippen LogP contribution in [0.15, 0.2) is 58.5 Å². The molecule has 1 heterocycles. The molecule has 0 saturated heterocycles. The number of aromatic nitrogens is 1. The monoisotopic (exact) mass is 452 g/mol. The molecule has 0 aliphatic rings. The summed E-state index contributed by atoms with van der Waals surface area (Å²) in [5.74, 6) is -7.04. The van der Waals surface area contributed by atoms with E-state index >= 15 is 0 Å². The number of hydrogen-bond donors (Lipinski definition) is 2. The van der Waals surface area contributed by atoms with Crippen molar-refractivity contribution < 1.29 is 26.0 Å². The summed E-state index contributed by atoms with van der Waals surface area (Å²) in [7, 11) is -3.78. The van der Waals surface area contributed by atoms with Gasteiger partial charge in [0.2, 0.25) is 11.6 Å². The highest BCUT2D eigenvalue weighted by Gasteiger charge is 2.20. The van der Waals surface area contributed by atoms with Crippen molar-refractivity contribution in [2.75, 3.05) is 10.1 Å². The molecule has 0 unspecified atom stereocenters. The molecule has 0 spiro atoms. The van der Waals surface area contributed by atoms with Crippen LogP contribution in [-0.4, -0.2) is 19.1 Å². The van der Waals surface area contributed by atoms with Gasteiger partial charge in [0.1, 0.15) is 5.69 Å². The summed E-state index contributed by atoms with van der Waals surface area (Å²) in [5.41, 5.74) is 2.70. The zero-order chi connectivity index (χ0) is 22.8. The number of hydrogen-bond acceptors (Lipinski definition) is 5. The van der Waals surface area contributed by atoms with Gasteiger partial charge in [-0.1, -0.05) is 29.8 Å². The van der Waals surface area contributed by atoms with E-state index in [1.165, 1.54) is 43.3 Å². The number of aryl methyl sites for hydroxylation is 1. The Labute approximate surface area is 175 Å². The smallest absolute Gasteiger partial charge is 0.261 e. The second-order valence-electron chi connectivity index (χ2n) is 6.50. The summed E-state index contributed by atoms with van der Waals surface area (Å²) in [6, 6.07) is 12.3.